The van der Waals surface area contributed by atoms with Crippen molar-refractivity contribution in [2.45, 2.75) is 13.0 Å². The molecule has 3 rings (SSSR count). The van der Waals surface area contributed by atoms with Crippen LogP contribution in [0.15, 0.2) is 46.9 Å². The van der Waals surface area contributed by atoms with E-state index >= 15 is 0 Å². The summed E-state index contributed by atoms with van der Waals surface area (Å²) in [4.78, 5) is 0. The van der Waals surface area contributed by atoms with E-state index in [0.717, 1.165) is 40.4 Å². The van der Waals surface area contributed by atoms with Crippen molar-refractivity contribution in [2.24, 2.45) is 0 Å². The van der Waals surface area contributed by atoms with E-state index in [0.29, 0.717) is 0 Å². The van der Waals surface area contributed by atoms with Crippen molar-refractivity contribution in [1.82, 2.24) is 5.32 Å². The Morgan fingerprint density at radius 3 is 2.45 bits per heavy atom. The van der Waals surface area contributed by atoms with E-state index in [4.69, 9.17) is 9.47 Å². The second-order valence-corrected chi connectivity index (χ2v) is 5.82. The van der Waals surface area contributed by atoms with Gasteiger partial charge in [0.25, 0.3) is 0 Å². The molecule has 1 aliphatic heterocycles. The molecule has 3 nitrogen and oxygen atoms in total. The summed E-state index contributed by atoms with van der Waals surface area (Å²) in [6.45, 7) is 3.84. The van der Waals surface area contributed by atoms with E-state index in [-0.39, 0.29) is 6.10 Å². The van der Waals surface area contributed by atoms with Gasteiger partial charge in [0.15, 0.2) is 11.5 Å². The number of halogens is 1. The Bertz CT molecular complexity index is 594. The highest BCUT2D eigenvalue weighted by Crippen LogP contribution is 2.33. The molecule has 0 spiro atoms. The summed E-state index contributed by atoms with van der Waals surface area (Å²) < 4.78 is 12.9. The van der Waals surface area contributed by atoms with E-state index < -0.39 is 0 Å². The van der Waals surface area contributed by atoms with Crippen LogP contribution in [0.4, 0.5) is 0 Å². The summed E-state index contributed by atoms with van der Waals surface area (Å²) in [6.07, 6.45) is 0.240. The molecule has 1 N–H and O–H groups in total. The molecule has 1 heterocycles. The lowest BCUT2D eigenvalue weighted by molar-refractivity contribution is 0.138. The Balaban J connectivity index is 1.81. The minimum Gasteiger partial charge on any atom is -0.484 e. The van der Waals surface area contributed by atoms with Gasteiger partial charge in [-0.1, -0.05) is 22.0 Å². The maximum Gasteiger partial charge on any atom is 0.169 e. The van der Waals surface area contributed by atoms with Crippen LogP contribution in [0.3, 0.4) is 0 Å². The monoisotopic (exact) mass is 333 g/mol. The summed E-state index contributed by atoms with van der Waals surface area (Å²) >= 11 is 3.42. The predicted molar refractivity (Wildman–Crippen MR) is 82.7 cm³/mol. The lowest BCUT2D eigenvalue weighted by Gasteiger charge is -2.28. The van der Waals surface area contributed by atoms with Crippen LogP contribution in [-0.4, -0.2) is 19.2 Å². The summed E-state index contributed by atoms with van der Waals surface area (Å²) in [5.74, 6) is 2.36. The van der Waals surface area contributed by atoms with Crippen LogP contribution in [0.1, 0.15) is 5.56 Å². The number of hydrogen-bond acceptors (Lipinski definition) is 3. The Morgan fingerprint density at radius 2 is 1.80 bits per heavy atom. The summed E-state index contributed by atoms with van der Waals surface area (Å²) in [5, 5.41) is 3.20. The molecule has 1 saturated heterocycles. The van der Waals surface area contributed by atoms with Gasteiger partial charge in [-0.25, -0.2) is 0 Å². The maximum absolute atomic E-state index is 5.96. The molecule has 1 fully saturated rings. The van der Waals surface area contributed by atoms with Crippen molar-refractivity contribution in [1.29, 1.82) is 0 Å². The third-order valence-corrected chi connectivity index (χ3v) is 3.71. The number of rotatable bonds is 4. The Hall–Kier alpha value is -1.52. The average molecular weight is 334 g/mol. The molecule has 104 valence electrons. The van der Waals surface area contributed by atoms with Crippen molar-refractivity contribution in [3.63, 3.8) is 0 Å². The van der Waals surface area contributed by atoms with E-state index in [1.807, 2.05) is 42.5 Å². The summed E-state index contributed by atoms with van der Waals surface area (Å²) in [7, 11) is 0. The number of ether oxygens (including phenoxy) is 2. The molecular weight excluding hydrogens is 318 g/mol. The molecule has 0 aromatic heterocycles. The van der Waals surface area contributed by atoms with Gasteiger partial charge < -0.3 is 14.8 Å². The zero-order valence-corrected chi connectivity index (χ0v) is 12.8. The molecule has 1 aliphatic rings. The third-order valence-electron chi connectivity index (χ3n) is 3.18. The van der Waals surface area contributed by atoms with E-state index in [1.165, 1.54) is 0 Å². The molecule has 20 heavy (non-hydrogen) atoms. The maximum atomic E-state index is 5.96. The van der Waals surface area contributed by atoms with Crippen molar-refractivity contribution in [3.05, 3.63) is 52.5 Å². The first-order valence-electron chi connectivity index (χ1n) is 6.62. The fourth-order valence-electron chi connectivity index (χ4n) is 1.95. The molecule has 2 aromatic carbocycles. The van der Waals surface area contributed by atoms with Crippen LogP contribution in [-0.2, 0) is 0 Å². The predicted octanol–water partition coefficient (Wildman–Crippen LogP) is 3.90. The lowest BCUT2D eigenvalue weighted by atomic mass is 10.2. The third kappa shape index (κ3) is 3.14. The van der Waals surface area contributed by atoms with Gasteiger partial charge in [-0.15, -0.1) is 0 Å². The number of nitrogens with one attached hydrogen (secondary N) is 1. The van der Waals surface area contributed by atoms with Gasteiger partial charge >= 0.3 is 0 Å². The molecule has 0 saturated carbocycles. The van der Waals surface area contributed by atoms with Crippen LogP contribution in [0, 0.1) is 6.92 Å². The highest BCUT2D eigenvalue weighted by atomic mass is 79.9. The molecule has 0 radical (unpaired) electrons. The smallest absolute Gasteiger partial charge is 0.169 e. The molecular formula is C16H16BrNO2. The number of hydrogen-bond donors (Lipinski definition) is 1. The van der Waals surface area contributed by atoms with Crippen molar-refractivity contribution < 1.29 is 9.47 Å². The minimum atomic E-state index is 0.240. The Kier molecular flexibility index (Phi) is 3.94. The van der Waals surface area contributed by atoms with Gasteiger partial charge in [0.2, 0.25) is 0 Å². The zero-order chi connectivity index (χ0) is 13.9. The van der Waals surface area contributed by atoms with Crippen LogP contribution < -0.4 is 14.8 Å². The molecule has 0 atom stereocenters. The Labute approximate surface area is 127 Å². The van der Waals surface area contributed by atoms with Gasteiger partial charge in [0.1, 0.15) is 11.9 Å². The average Bonchev–Trinajstić information content (AvgIpc) is 2.39. The standard InChI is InChI=1S/C16H16BrNO2/c1-11-2-7-15(16(8-11)20-14-9-18-10-14)19-13-5-3-12(17)4-6-13/h2-8,14,18H,9-10H2,1H3. The molecule has 0 unspecified atom stereocenters. The van der Waals surface area contributed by atoms with Gasteiger partial charge in [-0.3, -0.25) is 0 Å². The zero-order valence-electron chi connectivity index (χ0n) is 11.2. The molecule has 4 heteroatoms. The van der Waals surface area contributed by atoms with Crippen molar-refractivity contribution >= 4 is 15.9 Å². The van der Waals surface area contributed by atoms with Gasteiger partial charge in [-0.05, 0) is 48.9 Å². The summed E-state index contributed by atoms with van der Waals surface area (Å²) in [5.41, 5.74) is 1.16. The SMILES string of the molecule is Cc1ccc(Oc2ccc(Br)cc2)c(OC2CNC2)c1. The first-order valence-corrected chi connectivity index (χ1v) is 7.41. The quantitative estimate of drug-likeness (QED) is 0.920. The van der Waals surface area contributed by atoms with E-state index in [1.54, 1.807) is 0 Å². The fraction of sp³-hybridized carbons (Fsp3) is 0.250. The van der Waals surface area contributed by atoms with Crippen LogP contribution in [0.5, 0.6) is 17.2 Å². The van der Waals surface area contributed by atoms with E-state index in [9.17, 15) is 0 Å². The van der Waals surface area contributed by atoms with Crippen molar-refractivity contribution in [3.8, 4) is 17.2 Å². The molecule has 0 aliphatic carbocycles. The second kappa shape index (κ2) is 5.85. The molecule has 0 amide bonds. The largest absolute Gasteiger partial charge is 0.484 e. The first-order chi connectivity index (χ1) is 9.70. The minimum absolute atomic E-state index is 0.240. The topological polar surface area (TPSA) is 30.5 Å². The van der Waals surface area contributed by atoms with Crippen LogP contribution >= 0.6 is 15.9 Å². The number of benzene rings is 2. The van der Waals surface area contributed by atoms with Crippen molar-refractivity contribution in [2.75, 3.05) is 13.1 Å². The van der Waals surface area contributed by atoms with Crippen LogP contribution in [0.2, 0.25) is 0 Å². The highest BCUT2D eigenvalue weighted by molar-refractivity contribution is 9.10. The fourth-order valence-corrected chi connectivity index (χ4v) is 2.21. The highest BCUT2D eigenvalue weighted by Gasteiger charge is 2.20. The lowest BCUT2D eigenvalue weighted by Crippen LogP contribution is -2.50. The van der Waals surface area contributed by atoms with Gasteiger partial charge in [-0.2, -0.15) is 0 Å². The van der Waals surface area contributed by atoms with Gasteiger partial charge in [0.05, 0.1) is 0 Å². The normalized spacial score (nSPS) is 14.7. The number of aryl methyl sites for hydroxylation is 1. The first kappa shape index (κ1) is 13.5. The summed E-state index contributed by atoms with van der Waals surface area (Å²) in [6, 6.07) is 13.8. The van der Waals surface area contributed by atoms with Crippen LogP contribution in [0.25, 0.3) is 0 Å². The second-order valence-electron chi connectivity index (χ2n) is 4.90. The van der Waals surface area contributed by atoms with E-state index in [2.05, 4.69) is 28.2 Å². The molecule has 0 bridgehead atoms. The van der Waals surface area contributed by atoms with Gasteiger partial charge in [0, 0.05) is 17.6 Å². The Morgan fingerprint density at radius 1 is 1.05 bits per heavy atom. The molecule has 2 aromatic rings.